The van der Waals surface area contributed by atoms with Crippen LogP contribution in [0.4, 0.5) is 0 Å². The van der Waals surface area contributed by atoms with Crippen LogP contribution in [0.15, 0.2) is 12.7 Å². The lowest BCUT2D eigenvalue weighted by atomic mass is 9.72. The van der Waals surface area contributed by atoms with Gasteiger partial charge in [0.25, 0.3) is 0 Å². The van der Waals surface area contributed by atoms with Gasteiger partial charge in [0, 0.05) is 13.2 Å². The molecule has 1 aliphatic rings. The first-order chi connectivity index (χ1) is 9.43. The van der Waals surface area contributed by atoms with E-state index in [1.807, 2.05) is 0 Å². The monoisotopic (exact) mass is 281 g/mol. The molecule has 20 heavy (non-hydrogen) atoms. The highest BCUT2D eigenvalue weighted by molar-refractivity contribution is 5.86. The van der Waals surface area contributed by atoms with Gasteiger partial charge >= 0.3 is 0 Å². The first-order valence-electron chi connectivity index (χ1n) is 7.95. The van der Waals surface area contributed by atoms with Gasteiger partial charge < -0.3 is 10.1 Å². The third kappa shape index (κ3) is 6.56. The average Bonchev–Trinajstić information content (AvgIpc) is 2.41. The molecule has 1 saturated carbocycles. The van der Waals surface area contributed by atoms with Crippen molar-refractivity contribution >= 4 is 5.91 Å². The molecule has 1 aliphatic carbocycles. The number of rotatable bonds is 7. The number of ether oxygens (including phenoxy) is 1. The van der Waals surface area contributed by atoms with Gasteiger partial charge in [-0.1, -0.05) is 27.4 Å². The molecule has 1 fully saturated rings. The van der Waals surface area contributed by atoms with Crippen molar-refractivity contribution in [2.45, 2.75) is 65.4 Å². The van der Waals surface area contributed by atoms with Gasteiger partial charge in [-0.25, -0.2) is 0 Å². The van der Waals surface area contributed by atoms with Gasteiger partial charge in [0.2, 0.25) is 5.91 Å². The summed E-state index contributed by atoms with van der Waals surface area (Å²) in [4.78, 5) is 10.9. The lowest BCUT2D eigenvalue weighted by Gasteiger charge is -2.36. The number of unbranched alkanes of at least 4 members (excludes halogenated alkanes) is 1. The molecule has 0 saturated heterocycles. The summed E-state index contributed by atoms with van der Waals surface area (Å²) in [6, 6.07) is 0. The molecule has 0 spiro atoms. The fourth-order valence-corrected chi connectivity index (χ4v) is 2.86. The van der Waals surface area contributed by atoms with Gasteiger partial charge in [0.15, 0.2) is 0 Å². The molecule has 3 heteroatoms. The Labute approximate surface area is 124 Å². The Morgan fingerprint density at radius 2 is 1.90 bits per heavy atom. The highest BCUT2D eigenvalue weighted by atomic mass is 16.5. The summed E-state index contributed by atoms with van der Waals surface area (Å²) in [6.45, 7) is 12.0. The second kappa shape index (κ2) is 8.46. The van der Waals surface area contributed by atoms with E-state index >= 15 is 0 Å². The van der Waals surface area contributed by atoms with Gasteiger partial charge in [0.05, 0.1) is 6.10 Å². The van der Waals surface area contributed by atoms with E-state index in [2.05, 4.69) is 32.7 Å². The topological polar surface area (TPSA) is 38.3 Å². The van der Waals surface area contributed by atoms with Gasteiger partial charge in [-0.15, -0.1) is 0 Å². The summed E-state index contributed by atoms with van der Waals surface area (Å²) in [5, 5.41) is 2.78. The Kier molecular flexibility index (Phi) is 7.28. The Balaban J connectivity index is 2.02. The Bertz CT molecular complexity index is 299. The molecular weight excluding hydrogens is 250 g/mol. The molecule has 1 N–H and O–H groups in total. The van der Waals surface area contributed by atoms with Crippen molar-refractivity contribution in [2.75, 3.05) is 13.2 Å². The van der Waals surface area contributed by atoms with E-state index in [-0.39, 0.29) is 5.91 Å². The maximum Gasteiger partial charge on any atom is 0.243 e. The molecule has 0 unspecified atom stereocenters. The number of nitrogens with one attached hydrogen (secondary N) is 1. The van der Waals surface area contributed by atoms with Crippen molar-refractivity contribution < 1.29 is 9.53 Å². The lowest BCUT2D eigenvalue weighted by Crippen LogP contribution is -2.29. The Hall–Kier alpha value is -0.830. The minimum atomic E-state index is -0.0913. The molecule has 0 aromatic heterocycles. The van der Waals surface area contributed by atoms with Crippen molar-refractivity contribution in [3.05, 3.63) is 12.7 Å². The van der Waals surface area contributed by atoms with Crippen LogP contribution in [0.25, 0.3) is 0 Å². The van der Waals surface area contributed by atoms with Gasteiger partial charge in [-0.2, -0.15) is 0 Å². The molecule has 0 radical (unpaired) electrons. The predicted octanol–water partition coefficient (Wildman–Crippen LogP) is 3.69. The zero-order valence-corrected chi connectivity index (χ0v) is 13.4. The summed E-state index contributed by atoms with van der Waals surface area (Å²) in [7, 11) is 0. The fraction of sp³-hybridized carbons (Fsp3) is 0.824. The zero-order valence-electron chi connectivity index (χ0n) is 13.4. The van der Waals surface area contributed by atoms with E-state index in [4.69, 9.17) is 4.74 Å². The number of amides is 1. The first-order valence-corrected chi connectivity index (χ1v) is 7.95. The van der Waals surface area contributed by atoms with E-state index in [1.165, 1.54) is 31.8 Å². The molecule has 0 aromatic rings. The van der Waals surface area contributed by atoms with E-state index in [0.717, 1.165) is 25.4 Å². The van der Waals surface area contributed by atoms with Crippen LogP contribution >= 0.6 is 0 Å². The number of hydrogen-bond acceptors (Lipinski definition) is 2. The average molecular weight is 281 g/mol. The number of carbonyl (C=O) groups is 1. The zero-order chi connectivity index (χ0) is 15.0. The molecule has 0 bridgehead atoms. The molecule has 116 valence electrons. The highest BCUT2D eigenvalue weighted by Crippen LogP contribution is 2.38. The molecule has 0 heterocycles. The van der Waals surface area contributed by atoms with Gasteiger partial charge in [-0.3, -0.25) is 4.79 Å². The fourth-order valence-electron chi connectivity index (χ4n) is 2.86. The number of hydrogen-bond donors (Lipinski definition) is 1. The minimum Gasteiger partial charge on any atom is -0.378 e. The summed E-state index contributed by atoms with van der Waals surface area (Å²) in [5.41, 5.74) is 0.439. The quantitative estimate of drug-likeness (QED) is 0.571. The van der Waals surface area contributed by atoms with Crippen LogP contribution in [-0.2, 0) is 9.53 Å². The Morgan fingerprint density at radius 1 is 1.25 bits per heavy atom. The van der Waals surface area contributed by atoms with Crippen LogP contribution in [0.5, 0.6) is 0 Å². The van der Waals surface area contributed by atoms with E-state index in [0.29, 0.717) is 18.1 Å². The van der Waals surface area contributed by atoms with E-state index in [9.17, 15) is 4.79 Å². The van der Waals surface area contributed by atoms with Crippen molar-refractivity contribution in [3.63, 3.8) is 0 Å². The normalized spacial score (nSPS) is 23.4. The van der Waals surface area contributed by atoms with Crippen LogP contribution in [0.2, 0.25) is 0 Å². The van der Waals surface area contributed by atoms with Crippen molar-refractivity contribution in [2.24, 2.45) is 11.3 Å². The largest absolute Gasteiger partial charge is 0.378 e. The highest BCUT2D eigenvalue weighted by Gasteiger charge is 2.29. The Morgan fingerprint density at radius 3 is 2.45 bits per heavy atom. The van der Waals surface area contributed by atoms with Crippen LogP contribution < -0.4 is 5.32 Å². The van der Waals surface area contributed by atoms with Crippen molar-refractivity contribution in [1.82, 2.24) is 5.32 Å². The molecule has 3 nitrogen and oxygen atoms in total. The maximum atomic E-state index is 10.9. The second-order valence-corrected chi connectivity index (χ2v) is 6.91. The van der Waals surface area contributed by atoms with E-state index in [1.54, 1.807) is 0 Å². The van der Waals surface area contributed by atoms with Crippen molar-refractivity contribution in [3.8, 4) is 0 Å². The third-order valence-corrected chi connectivity index (χ3v) is 4.31. The summed E-state index contributed by atoms with van der Waals surface area (Å²) in [5.74, 6) is 0.753. The summed E-state index contributed by atoms with van der Waals surface area (Å²) < 4.78 is 5.94. The van der Waals surface area contributed by atoms with Crippen LogP contribution in [0, 0.1) is 11.3 Å². The van der Waals surface area contributed by atoms with E-state index < -0.39 is 0 Å². The van der Waals surface area contributed by atoms with Crippen LogP contribution in [0.1, 0.15) is 59.3 Å². The molecule has 1 rings (SSSR count). The van der Waals surface area contributed by atoms with Crippen LogP contribution in [0.3, 0.4) is 0 Å². The van der Waals surface area contributed by atoms with Crippen molar-refractivity contribution in [1.29, 1.82) is 0 Å². The minimum absolute atomic E-state index is 0.0913. The SMILES string of the molecule is C=CC(=O)NCCCCOC1CCC(C(C)(C)C)CC1. The third-order valence-electron chi connectivity index (χ3n) is 4.31. The summed E-state index contributed by atoms with van der Waals surface area (Å²) in [6.07, 6.45) is 8.74. The molecule has 1 amide bonds. The predicted molar refractivity (Wildman–Crippen MR) is 83.6 cm³/mol. The van der Waals surface area contributed by atoms with Gasteiger partial charge in [-0.05, 0) is 55.9 Å². The first kappa shape index (κ1) is 17.2. The second-order valence-electron chi connectivity index (χ2n) is 6.91. The van der Waals surface area contributed by atoms with Crippen LogP contribution in [-0.4, -0.2) is 25.2 Å². The molecule has 0 atom stereocenters. The molecule has 0 aliphatic heterocycles. The smallest absolute Gasteiger partial charge is 0.243 e. The molecular formula is C17H31NO2. The maximum absolute atomic E-state index is 10.9. The lowest BCUT2D eigenvalue weighted by molar-refractivity contribution is -0.116. The molecule has 0 aromatic carbocycles. The summed E-state index contributed by atoms with van der Waals surface area (Å²) >= 11 is 0. The van der Waals surface area contributed by atoms with Gasteiger partial charge in [0.1, 0.15) is 0 Å². The number of carbonyl (C=O) groups excluding carboxylic acids is 1. The standard InChI is InChI=1S/C17H31NO2/c1-5-16(19)18-12-6-7-13-20-15-10-8-14(9-11-15)17(2,3)4/h5,14-15H,1,6-13H2,2-4H3,(H,18,19).